The van der Waals surface area contributed by atoms with E-state index in [1.54, 1.807) is 0 Å². The largest absolute Gasteiger partial charge is 0.475 e. The zero-order valence-electron chi connectivity index (χ0n) is 13.3. The number of aryl methyl sites for hydroxylation is 1. The lowest BCUT2D eigenvalue weighted by atomic mass is 10.1. The number of nitrogens with zero attached hydrogens (tertiary/aromatic N) is 4. The van der Waals surface area contributed by atoms with Crippen molar-refractivity contribution in [1.82, 2.24) is 24.5 Å². The maximum atomic E-state index is 6.33. The van der Waals surface area contributed by atoms with Gasteiger partial charge in [-0.2, -0.15) is 5.10 Å². The molecular weight excluding hydrogens is 290 g/mol. The third-order valence-electron chi connectivity index (χ3n) is 4.32. The molecule has 0 unspecified atom stereocenters. The highest BCUT2D eigenvalue weighted by Gasteiger charge is 2.16. The van der Waals surface area contributed by atoms with Crippen molar-refractivity contribution in [3.8, 4) is 17.0 Å². The van der Waals surface area contributed by atoms with Gasteiger partial charge in [0.2, 0.25) is 0 Å². The average Bonchev–Trinajstić information content (AvgIpc) is 3.11. The summed E-state index contributed by atoms with van der Waals surface area (Å²) in [5.41, 5.74) is 3.05. The van der Waals surface area contributed by atoms with Crippen LogP contribution in [-0.4, -0.2) is 38.4 Å². The van der Waals surface area contributed by atoms with Crippen molar-refractivity contribution >= 4 is 5.65 Å². The molecule has 0 saturated carbocycles. The number of ether oxygens (including phenoxy) is 1. The molecule has 0 spiro atoms. The Labute approximate surface area is 135 Å². The zero-order chi connectivity index (χ0) is 15.6. The Morgan fingerprint density at radius 2 is 2.17 bits per heavy atom. The second-order valence-electron chi connectivity index (χ2n) is 6.06. The highest BCUT2D eigenvalue weighted by Crippen LogP contribution is 2.27. The summed E-state index contributed by atoms with van der Waals surface area (Å²) in [4.78, 5) is 4.43. The van der Waals surface area contributed by atoms with Gasteiger partial charge in [0.15, 0.2) is 5.88 Å². The van der Waals surface area contributed by atoms with Crippen molar-refractivity contribution < 1.29 is 4.74 Å². The van der Waals surface area contributed by atoms with Crippen LogP contribution < -0.4 is 10.1 Å². The van der Waals surface area contributed by atoms with Gasteiger partial charge in [-0.25, -0.2) is 4.98 Å². The molecule has 4 heterocycles. The normalized spacial score (nSPS) is 18.9. The molecular formula is C17H21N5O. The molecule has 1 aliphatic rings. The molecule has 1 saturated heterocycles. The molecule has 1 fully saturated rings. The fourth-order valence-electron chi connectivity index (χ4n) is 3.09. The maximum absolute atomic E-state index is 6.33. The molecule has 6 nitrogen and oxygen atoms in total. The minimum Gasteiger partial charge on any atom is -0.475 e. The maximum Gasteiger partial charge on any atom is 0.200 e. The number of pyridine rings is 1. The van der Waals surface area contributed by atoms with E-state index in [0.29, 0.717) is 0 Å². The number of hydrogen-bond acceptors (Lipinski definition) is 4. The van der Waals surface area contributed by atoms with E-state index < -0.39 is 0 Å². The van der Waals surface area contributed by atoms with E-state index in [-0.39, 0.29) is 6.10 Å². The molecule has 1 N–H and O–H groups in total. The van der Waals surface area contributed by atoms with Gasteiger partial charge < -0.3 is 10.1 Å². The molecule has 6 heteroatoms. The zero-order valence-corrected chi connectivity index (χ0v) is 13.3. The minimum absolute atomic E-state index is 0.250. The van der Waals surface area contributed by atoms with Crippen molar-refractivity contribution in [3.63, 3.8) is 0 Å². The van der Waals surface area contributed by atoms with Gasteiger partial charge in [0, 0.05) is 37.3 Å². The van der Waals surface area contributed by atoms with Crippen LogP contribution in [0.3, 0.4) is 0 Å². The van der Waals surface area contributed by atoms with Crippen LogP contribution in [0.4, 0.5) is 0 Å². The van der Waals surface area contributed by atoms with E-state index in [4.69, 9.17) is 4.74 Å². The van der Waals surface area contributed by atoms with Crippen molar-refractivity contribution in [2.75, 3.05) is 13.1 Å². The van der Waals surface area contributed by atoms with E-state index in [1.807, 2.05) is 40.9 Å². The van der Waals surface area contributed by atoms with Gasteiger partial charge in [-0.1, -0.05) is 0 Å². The fourth-order valence-corrected chi connectivity index (χ4v) is 3.09. The summed E-state index contributed by atoms with van der Waals surface area (Å²) >= 11 is 0. The molecule has 0 aliphatic carbocycles. The predicted molar refractivity (Wildman–Crippen MR) is 88.5 cm³/mol. The first-order valence-electron chi connectivity index (χ1n) is 8.13. The Morgan fingerprint density at radius 3 is 3.04 bits per heavy atom. The van der Waals surface area contributed by atoms with Crippen LogP contribution in [0, 0.1) is 0 Å². The Balaban J connectivity index is 1.70. The van der Waals surface area contributed by atoms with E-state index >= 15 is 0 Å². The van der Waals surface area contributed by atoms with Crippen LogP contribution in [0.25, 0.3) is 16.8 Å². The van der Waals surface area contributed by atoms with Gasteiger partial charge in [-0.05, 0) is 44.0 Å². The number of imidazole rings is 1. The highest BCUT2D eigenvalue weighted by molar-refractivity contribution is 5.68. The summed E-state index contributed by atoms with van der Waals surface area (Å²) in [6.07, 6.45) is 11.2. The molecule has 0 bridgehead atoms. The SMILES string of the molecule is Cn1cc(-c2cc(O[C@@H]3CCCNCC3)n3ccnc3c2)cn1. The van der Waals surface area contributed by atoms with Gasteiger partial charge >= 0.3 is 0 Å². The fraction of sp³-hybridized carbons (Fsp3) is 0.412. The summed E-state index contributed by atoms with van der Waals surface area (Å²) in [5, 5.41) is 7.68. The van der Waals surface area contributed by atoms with Crippen molar-refractivity contribution in [2.45, 2.75) is 25.4 Å². The first-order valence-corrected chi connectivity index (χ1v) is 8.13. The first-order chi connectivity index (χ1) is 11.3. The molecule has 4 rings (SSSR count). The Bertz CT molecular complexity index is 798. The van der Waals surface area contributed by atoms with Crippen LogP contribution in [0.2, 0.25) is 0 Å². The predicted octanol–water partition coefficient (Wildman–Crippen LogP) is 2.26. The van der Waals surface area contributed by atoms with Gasteiger partial charge in [0.25, 0.3) is 0 Å². The molecule has 1 atom stereocenters. The molecule has 0 aromatic carbocycles. The summed E-state index contributed by atoms with van der Waals surface area (Å²) in [5.74, 6) is 0.853. The number of nitrogens with one attached hydrogen (secondary N) is 1. The lowest BCUT2D eigenvalue weighted by Crippen LogP contribution is -2.20. The number of hydrogen-bond donors (Lipinski definition) is 1. The molecule has 3 aromatic heterocycles. The third kappa shape index (κ3) is 2.94. The molecule has 0 amide bonds. The minimum atomic E-state index is 0.250. The van der Waals surface area contributed by atoms with Crippen molar-refractivity contribution in [1.29, 1.82) is 0 Å². The molecule has 3 aromatic rings. The second-order valence-corrected chi connectivity index (χ2v) is 6.06. The van der Waals surface area contributed by atoms with Crippen molar-refractivity contribution in [3.05, 3.63) is 36.9 Å². The molecule has 1 aliphatic heterocycles. The van der Waals surface area contributed by atoms with E-state index in [2.05, 4.69) is 27.5 Å². The number of aromatic nitrogens is 4. The lowest BCUT2D eigenvalue weighted by molar-refractivity contribution is 0.178. The number of fused-ring (bicyclic) bond motifs is 1. The van der Waals surface area contributed by atoms with Crippen LogP contribution in [0.15, 0.2) is 36.9 Å². The second kappa shape index (κ2) is 6.04. The summed E-state index contributed by atoms with van der Waals surface area (Å²) in [6, 6.07) is 4.16. The summed E-state index contributed by atoms with van der Waals surface area (Å²) in [6.45, 7) is 2.09. The monoisotopic (exact) mass is 311 g/mol. The van der Waals surface area contributed by atoms with Gasteiger partial charge in [-0.15, -0.1) is 0 Å². The van der Waals surface area contributed by atoms with E-state index in [9.17, 15) is 0 Å². The van der Waals surface area contributed by atoms with Gasteiger partial charge in [0.05, 0.1) is 6.20 Å². The Kier molecular flexibility index (Phi) is 3.75. The smallest absolute Gasteiger partial charge is 0.200 e. The highest BCUT2D eigenvalue weighted by atomic mass is 16.5. The Hall–Kier alpha value is -2.34. The van der Waals surface area contributed by atoms with Gasteiger partial charge in [-0.3, -0.25) is 9.08 Å². The quantitative estimate of drug-likeness (QED) is 0.806. The van der Waals surface area contributed by atoms with Crippen LogP contribution in [0.5, 0.6) is 5.88 Å². The summed E-state index contributed by atoms with van der Waals surface area (Å²) in [7, 11) is 1.92. The third-order valence-corrected chi connectivity index (χ3v) is 4.32. The van der Waals surface area contributed by atoms with Crippen LogP contribution in [0.1, 0.15) is 19.3 Å². The van der Waals surface area contributed by atoms with Crippen molar-refractivity contribution in [2.24, 2.45) is 7.05 Å². The molecule has 0 radical (unpaired) electrons. The topological polar surface area (TPSA) is 56.4 Å². The Morgan fingerprint density at radius 1 is 1.22 bits per heavy atom. The number of rotatable bonds is 3. The van der Waals surface area contributed by atoms with E-state index in [0.717, 1.165) is 55.0 Å². The molecule has 120 valence electrons. The average molecular weight is 311 g/mol. The lowest BCUT2D eigenvalue weighted by Gasteiger charge is -2.18. The molecule has 23 heavy (non-hydrogen) atoms. The first kappa shape index (κ1) is 14.3. The van der Waals surface area contributed by atoms with E-state index in [1.165, 1.54) is 0 Å². The van der Waals surface area contributed by atoms with Crippen LogP contribution in [-0.2, 0) is 7.05 Å². The van der Waals surface area contributed by atoms with Gasteiger partial charge in [0.1, 0.15) is 11.8 Å². The standard InChI is InChI=1S/C17H21N5O/c1-21-12-14(11-20-21)13-9-16-19-7-8-22(16)17(10-13)23-15-3-2-5-18-6-4-15/h7-12,15,18H,2-6H2,1H3/t15-/m1/s1. The summed E-state index contributed by atoms with van der Waals surface area (Å²) < 4.78 is 10.2. The van der Waals surface area contributed by atoms with Crippen LogP contribution >= 0.6 is 0 Å².